The SMILES string of the molecule is CCCCCCCCCCCCCCCCNC[C@@H](O)[C@@H](O)[C@H](O)CO. The molecule has 0 radical (unpaired) electrons. The van der Waals surface area contributed by atoms with Crippen LogP contribution in [-0.2, 0) is 0 Å². The van der Waals surface area contributed by atoms with E-state index in [0.717, 1.165) is 13.0 Å². The van der Waals surface area contributed by atoms with Gasteiger partial charge in [-0.25, -0.2) is 0 Å². The predicted molar refractivity (Wildman–Crippen MR) is 108 cm³/mol. The highest BCUT2D eigenvalue weighted by Gasteiger charge is 2.23. The van der Waals surface area contributed by atoms with E-state index in [1.165, 1.54) is 83.5 Å². The van der Waals surface area contributed by atoms with Gasteiger partial charge in [0.15, 0.2) is 0 Å². The Kier molecular flexibility index (Phi) is 19.4. The normalized spacial score (nSPS) is 15.1. The molecule has 0 amide bonds. The highest BCUT2D eigenvalue weighted by molar-refractivity contribution is 4.76. The van der Waals surface area contributed by atoms with E-state index >= 15 is 0 Å². The van der Waals surface area contributed by atoms with E-state index in [4.69, 9.17) is 5.11 Å². The molecule has 5 heteroatoms. The zero-order chi connectivity index (χ0) is 19.5. The molecule has 0 aromatic heterocycles. The van der Waals surface area contributed by atoms with E-state index in [-0.39, 0.29) is 6.54 Å². The van der Waals surface area contributed by atoms with Crippen molar-refractivity contribution in [2.45, 2.75) is 115 Å². The van der Waals surface area contributed by atoms with Gasteiger partial charge in [0.25, 0.3) is 0 Å². The summed E-state index contributed by atoms with van der Waals surface area (Å²) in [5.74, 6) is 0. The fraction of sp³-hybridized carbons (Fsp3) is 1.00. The molecule has 0 rings (SSSR count). The van der Waals surface area contributed by atoms with Gasteiger partial charge in [0.1, 0.15) is 12.2 Å². The molecule has 0 saturated heterocycles. The fourth-order valence-electron chi connectivity index (χ4n) is 3.18. The molecular weight excluding hydrogens is 330 g/mol. The zero-order valence-electron chi connectivity index (χ0n) is 17.0. The first-order valence-corrected chi connectivity index (χ1v) is 11.0. The summed E-state index contributed by atoms with van der Waals surface area (Å²) in [5.41, 5.74) is 0. The van der Waals surface area contributed by atoms with Crippen LogP contribution in [0.5, 0.6) is 0 Å². The summed E-state index contributed by atoms with van der Waals surface area (Å²) in [7, 11) is 0. The second-order valence-corrected chi connectivity index (χ2v) is 7.61. The molecule has 0 spiro atoms. The summed E-state index contributed by atoms with van der Waals surface area (Å²) in [5, 5.41) is 40.2. The Bertz CT molecular complexity index is 279. The third-order valence-electron chi connectivity index (χ3n) is 5.04. The third kappa shape index (κ3) is 16.0. The van der Waals surface area contributed by atoms with Crippen LogP contribution in [0.15, 0.2) is 0 Å². The van der Waals surface area contributed by atoms with Gasteiger partial charge in [-0.05, 0) is 13.0 Å². The van der Waals surface area contributed by atoms with Gasteiger partial charge < -0.3 is 25.7 Å². The lowest BCUT2D eigenvalue weighted by atomic mass is 10.0. The zero-order valence-corrected chi connectivity index (χ0v) is 17.0. The van der Waals surface area contributed by atoms with Crippen LogP contribution < -0.4 is 5.32 Å². The molecular formula is C21H45NO4. The van der Waals surface area contributed by atoms with E-state index in [1.807, 2.05) is 0 Å². The van der Waals surface area contributed by atoms with Crippen LogP contribution in [0.1, 0.15) is 96.8 Å². The van der Waals surface area contributed by atoms with Crippen LogP contribution in [0.25, 0.3) is 0 Å². The van der Waals surface area contributed by atoms with E-state index in [0.29, 0.717) is 0 Å². The molecule has 0 heterocycles. The molecule has 3 atom stereocenters. The van der Waals surface area contributed by atoms with Crippen molar-refractivity contribution in [3.63, 3.8) is 0 Å². The summed E-state index contributed by atoms with van der Waals surface area (Å²) in [4.78, 5) is 0. The number of rotatable bonds is 20. The number of aliphatic hydroxyl groups is 4. The lowest BCUT2D eigenvalue weighted by Gasteiger charge is -2.21. The van der Waals surface area contributed by atoms with Crippen molar-refractivity contribution in [1.29, 1.82) is 0 Å². The molecule has 0 aliphatic rings. The summed E-state index contributed by atoms with van der Waals surface area (Å²) in [6, 6.07) is 0. The Morgan fingerprint density at radius 3 is 1.46 bits per heavy atom. The Balaban J connectivity index is 3.20. The summed E-state index contributed by atoms with van der Waals surface area (Å²) in [6.07, 6.45) is 15.0. The maximum atomic E-state index is 9.65. The largest absolute Gasteiger partial charge is 0.394 e. The van der Waals surface area contributed by atoms with Crippen LogP contribution in [-0.4, -0.2) is 58.4 Å². The second-order valence-electron chi connectivity index (χ2n) is 7.61. The van der Waals surface area contributed by atoms with Crippen molar-refractivity contribution in [2.75, 3.05) is 19.7 Å². The molecule has 0 aliphatic carbocycles. The van der Waals surface area contributed by atoms with Crippen LogP contribution in [0, 0.1) is 0 Å². The van der Waals surface area contributed by atoms with Gasteiger partial charge in [0.05, 0.1) is 12.7 Å². The lowest BCUT2D eigenvalue weighted by molar-refractivity contribution is -0.0749. The molecule has 0 aromatic rings. The van der Waals surface area contributed by atoms with Crippen LogP contribution in [0.2, 0.25) is 0 Å². The number of aliphatic hydroxyl groups excluding tert-OH is 4. The maximum absolute atomic E-state index is 9.65. The van der Waals surface area contributed by atoms with Crippen molar-refractivity contribution >= 4 is 0 Å². The first-order chi connectivity index (χ1) is 12.6. The van der Waals surface area contributed by atoms with Gasteiger partial charge in [-0.1, -0.05) is 90.4 Å². The van der Waals surface area contributed by atoms with Crippen LogP contribution in [0.4, 0.5) is 0 Å². The Morgan fingerprint density at radius 2 is 1.04 bits per heavy atom. The number of hydrogen-bond donors (Lipinski definition) is 5. The molecule has 26 heavy (non-hydrogen) atoms. The standard InChI is InChI=1S/C21H45NO4/c1-2-3-4-5-6-7-8-9-10-11-12-13-14-15-16-22-17-19(24)21(26)20(25)18-23/h19-26H,2-18H2,1H3/t19-,20-,21-/m1/s1. The molecule has 0 bridgehead atoms. The smallest absolute Gasteiger partial charge is 0.109 e. The molecule has 5 N–H and O–H groups in total. The number of unbranched alkanes of at least 4 members (excludes halogenated alkanes) is 13. The number of nitrogens with one attached hydrogen (secondary N) is 1. The minimum atomic E-state index is -1.30. The summed E-state index contributed by atoms with van der Waals surface area (Å²) >= 11 is 0. The molecule has 0 aliphatic heterocycles. The Labute approximate surface area is 161 Å². The minimum Gasteiger partial charge on any atom is -0.394 e. The average molecular weight is 376 g/mol. The van der Waals surface area contributed by atoms with Gasteiger partial charge in [-0.15, -0.1) is 0 Å². The van der Waals surface area contributed by atoms with Crippen molar-refractivity contribution < 1.29 is 20.4 Å². The van der Waals surface area contributed by atoms with Crippen molar-refractivity contribution in [3.05, 3.63) is 0 Å². The van der Waals surface area contributed by atoms with Crippen molar-refractivity contribution in [3.8, 4) is 0 Å². The van der Waals surface area contributed by atoms with Gasteiger partial charge in [-0.3, -0.25) is 0 Å². The number of hydrogen-bond acceptors (Lipinski definition) is 5. The van der Waals surface area contributed by atoms with E-state index < -0.39 is 24.9 Å². The molecule has 5 nitrogen and oxygen atoms in total. The maximum Gasteiger partial charge on any atom is 0.109 e. The van der Waals surface area contributed by atoms with Crippen molar-refractivity contribution in [1.82, 2.24) is 5.32 Å². The molecule has 158 valence electrons. The van der Waals surface area contributed by atoms with E-state index in [9.17, 15) is 15.3 Å². The van der Waals surface area contributed by atoms with Gasteiger partial charge in [-0.2, -0.15) is 0 Å². The fourth-order valence-corrected chi connectivity index (χ4v) is 3.18. The van der Waals surface area contributed by atoms with Gasteiger partial charge >= 0.3 is 0 Å². The van der Waals surface area contributed by atoms with E-state index in [1.54, 1.807) is 0 Å². The highest BCUT2D eigenvalue weighted by Crippen LogP contribution is 2.12. The highest BCUT2D eigenvalue weighted by atomic mass is 16.4. The van der Waals surface area contributed by atoms with Crippen LogP contribution in [0.3, 0.4) is 0 Å². The Morgan fingerprint density at radius 1 is 0.615 bits per heavy atom. The lowest BCUT2D eigenvalue weighted by Crippen LogP contribution is -2.44. The molecule has 0 saturated carbocycles. The summed E-state index contributed by atoms with van der Waals surface area (Å²) < 4.78 is 0. The average Bonchev–Trinajstić information content (AvgIpc) is 2.66. The predicted octanol–water partition coefficient (Wildman–Crippen LogP) is 3.13. The quantitative estimate of drug-likeness (QED) is 0.211. The Hall–Kier alpha value is -0.200. The molecule has 0 unspecified atom stereocenters. The first-order valence-electron chi connectivity index (χ1n) is 11.0. The molecule has 0 aromatic carbocycles. The molecule has 0 fully saturated rings. The van der Waals surface area contributed by atoms with Gasteiger partial charge in [0, 0.05) is 6.54 Å². The topological polar surface area (TPSA) is 93.0 Å². The monoisotopic (exact) mass is 375 g/mol. The van der Waals surface area contributed by atoms with Crippen molar-refractivity contribution in [2.24, 2.45) is 0 Å². The minimum absolute atomic E-state index is 0.233. The van der Waals surface area contributed by atoms with Crippen LogP contribution >= 0.6 is 0 Å². The second kappa shape index (κ2) is 19.6. The third-order valence-corrected chi connectivity index (χ3v) is 5.04. The van der Waals surface area contributed by atoms with Gasteiger partial charge in [0.2, 0.25) is 0 Å². The first kappa shape index (κ1) is 25.8. The van der Waals surface area contributed by atoms with E-state index in [2.05, 4.69) is 12.2 Å². The summed E-state index contributed by atoms with van der Waals surface area (Å²) in [6.45, 7) is 2.75.